The van der Waals surface area contributed by atoms with Gasteiger partial charge in [0.25, 0.3) is 5.91 Å². The van der Waals surface area contributed by atoms with Crippen LogP contribution in [0.15, 0.2) is 42.7 Å². The number of carbonyl (C=O) groups is 3. The Kier molecular flexibility index (Phi) is 5.61. The van der Waals surface area contributed by atoms with Gasteiger partial charge >= 0.3 is 0 Å². The van der Waals surface area contributed by atoms with Crippen LogP contribution >= 0.6 is 0 Å². The summed E-state index contributed by atoms with van der Waals surface area (Å²) < 4.78 is 0. The fourth-order valence-electron chi connectivity index (χ4n) is 5.00. The molecule has 1 unspecified atom stereocenters. The van der Waals surface area contributed by atoms with Crippen molar-refractivity contribution in [1.29, 1.82) is 0 Å². The Bertz CT molecular complexity index is 1040. The van der Waals surface area contributed by atoms with Crippen LogP contribution in [0.2, 0.25) is 0 Å². The fraction of sp³-hybridized carbons (Fsp3) is 0.417. The molecular formula is C24H27N5O3. The van der Waals surface area contributed by atoms with Crippen molar-refractivity contribution in [2.24, 2.45) is 0 Å². The van der Waals surface area contributed by atoms with Crippen molar-refractivity contribution in [2.75, 3.05) is 18.0 Å². The second-order valence-corrected chi connectivity index (χ2v) is 8.71. The quantitative estimate of drug-likeness (QED) is 0.696. The number of imide groups is 1. The van der Waals surface area contributed by atoms with E-state index in [1.54, 1.807) is 11.1 Å². The number of anilines is 1. The monoisotopic (exact) mass is 433 g/mol. The van der Waals surface area contributed by atoms with Gasteiger partial charge in [-0.1, -0.05) is 12.1 Å². The Labute approximate surface area is 187 Å². The summed E-state index contributed by atoms with van der Waals surface area (Å²) in [5.41, 5.74) is 3.81. The number of amides is 3. The number of rotatable bonds is 5. The molecule has 0 spiro atoms. The van der Waals surface area contributed by atoms with E-state index in [4.69, 9.17) is 0 Å². The molecule has 2 aromatic rings. The van der Waals surface area contributed by atoms with Gasteiger partial charge < -0.3 is 15.1 Å². The van der Waals surface area contributed by atoms with Crippen LogP contribution in [0.3, 0.4) is 0 Å². The Balaban J connectivity index is 1.37. The molecule has 1 aromatic heterocycles. The molecule has 3 aliphatic rings. The highest BCUT2D eigenvalue weighted by molar-refractivity contribution is 6.05. The SMILES string of the molecule is O=C1CCC(N2Cc3cc(CN(c4cccnc4)C4CCNCC4)ccc3C2=O)C(=O)N1. The van der Waals surface area contributed by atoms with Gasteiger partial charge in [0.1, 0.15) is 6.04 Å². The molecule has 2 N–H and O–H groups in total. The fourth-order valence-corrected chi connectivity index (χ4v) is 5.00. The van der Waals surface area contributed by atoms with Gasteiger partial charge in [-0.15, -0.1) is 0 Å². The van der Waals surface area contributed by atoms with E-state index in [9.17, 15) is 14.4 Å². The molecule has 32 heavy (non-hydrogen) atoms. The van der Waals surface area contributed by atoms with E-state index < -0.39 is 6.04 Å². The molecule has 0 saturated carbocycles. The summed E-state index contributed by atoms with van der Waals surface area (Å²) in [5.74, 6) is -0.786. The maximum absolute atomic E-state index is 13.0. The van der Waals surface area contributed by atoms with Gasteiger partial charge in [0.15, 0.2) is 0 Å². The lowest BCUT2D eigenvalue weighted by Gasteiger charge is -2.36. The van der Waals surface area contributed by atoms with E-state index in [0.717, 1.165) is 49.3 Å². The maximum Gasteiger partial charge on any atom is 0.255 e. The molecule has 0 aliphatic carbocycles. The molecule has 3 aliphatic heterocycles. The minimum Gasteiger partial charge on any atom is -0.363 e. The molecule has 0 bridgehead atoms. The number of hydrogen-bond donors (Lipinski definition) is 2. The van der Waals surface area contributed by atoms with Gasteiger partial charge in [0.2, 0.25) is 11.8 Å². The number of fused-ring (bicyclic) bond motifs is 1. The highest BCUT2D eigenvalue weighted by Crippen LogP contribution is 2.30. The van der Waals surface area contributed by atoms with Gasteiger partial charge in [-0.3, -0.25) is 24.7 Å². The van der Waals surface area contributed by atoms with Crippen LogP contribution in [0.1, 0.15) is 47.2 Å². The summed E-state index contributed by atoms with van der Waals surface area (Å²) in [6, 6.07) is 9.87. The number of pyridine rings is 1. The van der Waals surface area contributed by atoms with Crippen LogP contribution in [0, 0.1) is 0 Å². The average molecular weight is 434 g/mol. The van der Waals surface area contributed by atoms with E-state index in [1.807, 2.05) is 24.4 Å². The Morgan fingerprint density at radius 3 is 2.69 bits per heavy atom. The van der Waals surface area contributed by atoms with E-state index >= 15 is 0 Å². The molecule has 0 radical (unpaired) electrons. The van der Waals surface area contributed by atoms with Gasteiger partial charge in [0, 0.05) is 37.3 Å². The average Bonchev–Trinajstić information content (AvgIpc) is 3.14. The third-order valence-corrected chi connectivity index (χ3v) is 6.67. The second kappa shape index (κ2) is 8.70. The molecule has 166 valence electrons. The molecule has 3 amide bonds. The van der Waals surface area contributed by atoms with Gasteiger partial charge in [-0.05, 0) is 61.7 Å². The number of aromatic nitrogens is 1. The van der Waals surface area contributed by atoms with Crippen molar-refractivity contribution in [3.8, 4) is 0 Å². The van der Waals surface area contributed by atoms with Crippen LogP contribution in [0.4, 0.5) is 5.69 Å². The maximum atomic E-state index is 13.0. The van der Waals surface area contributed by atoms with Crippen molar-refractivity contribution < 1.29 is 14.4 Å². The lowest BCUT2D eigenvalue weighted by molar-refractivity contribution is -0.136. The van der Waals surface area contributed by atoms with E-state index in [-0.39, 0.29) is 24.1 Å². The second-order valence-electron chi connectivity index (χ2n) is 8.71. The normalized spacial score (nSPS) is 21.4. The molecule has 8 nitrogen and oxygen atoms in total. The number of carbonyl (C=O) groups excluding carboxylic acids is 3. The zero-order valence-electron chi connectivity index (χ0n) is 17.9. The van der Waals surface area contributed by atoms with Crippen LogP contribution in [-0.4, -0.2) is 52.8 Å². The number of nitrogens with zero attached hydrogens (tertiary/aromatic N) is 3. The molecule has 2 fully saturated rings. The molecule has 8 heteroatoms. The summed E-state index contributed by atoms with van der Waals surface area (Å²) in [5, 5.41) is 5.78. The van der Waals surface area contributed by atoms with E-state index in [0.29, 0.717) is 24.6 Å². The predicted molar refractivity (Wildman–Crippen MR) is 119 cm³/mol. The van der Waals surface area contributed by atoms with Crippen molar-refractivity contribution in [3.05, 3.63) is 59.4 Å². The lowest BCUT2D eigenvalue weighted by Crippen LogP contribution is -2.52. The smallest absolute Gasteiger partial charge is 0.255 e. The topological polar surface area (TPSA) is 94.6 Å². The Morgan fingerprint density at radius 2 is 1.94 bits per heavy atom. The standard InChI is InChI=1S/C24H27N5O3/c30-22-6-5-21(23(31)27-22)29-15-17-12-16(3-4-20(17)24(29)32)14-28(18-7-10-25-11-8-18)19-2-1-9-26-13-19/h1-4,9,12-13,18,21,25H,5-8,10-11,14-15H2,(H,27,30,31). The summed E-state index contributed by atoms with van der Waals surface area (Å²) in [4.78, 5) is 45.0. The first-order valence-corrected chi connectivity index (χ1v) is 11.2. The van der Waals surface area contributed by atoms with Gasteiger partial charge in [0.05, 0.1) is 11.9 Å². The summed E-state index contributed by atoms with van der Waals surface area (Å²) in [6.45, 7) is 3.13. The molecular weight excluding hydrogens is 406 g/mol. The van der Waals surface area contributed by atoms with Gasteiger partial charge in [-0.2, -0.15) is 0 Å². The lowest BCUT2D eigenvalue weighted by atomic mass is 10.0. The molecule has 1 atom stereocenters. The van der Waals surface area contributed by atoms with Crippen LogP contribution < -0.4 is 15.5 Å². The molecule has 2 saturated heterocycles. The first kappa shape index (κ1) is 20.6. The number of hydrogen-bond acceptors (Lipinski definition) is 6. The van der Waals surface area contributed by atoms with Crippen LogP contribution in [-0.2, 0) is 22.7 Å². The van der Waals surface area contributed by atoms with Gasteiger partial charge in [-0.25, -0.2) is 0 Å². The predicted octanol–water partition coefficient (Wildman–Crippen LogP) is 1.60. The van der Waals surface area contributed by atoms with E-state index in [1.165, 1.54) is 0 Å². The van der Waals surface area contributed by atoms with Crippen molar-refractivity contribution in [2.45, 2.75) is 50.9 Å². The third-order valence-electron chi connectivity index (χ3n) is 6.67. The third kappa shape index (κ3) is 3.98. The summed E-state index contributed by atoms with van der Waals surface area (Å²) >= 11 is 0. The zero-order chi connectivity index (χ0) is 22.1. The molecule has 4 heterocycles. The molecule has 1 aromatic carbocycles. The van der Waals surface area contributed by atoms with Crippen LogP contribution in [0.25, 0.3) is 0 Å². The first-order chi connectivity index (χ1) is 15.6. The van der Waals surface area contributed by atoms with Crippen LogP contribution in [0.5, 0.6) is 0 Å². The minimum atomic E-state index is -0.585. The Hall–Kier alpha value is -3.26. The highest BCUT2D eigenvalue weighted by atomic mass is 16.2. The van der Waals surface area contributed by atoms with Crippen molar-refractivity contribution in [1.82, 2.24) is 20.5 Å². The zero-order valence-corrected chi connectivity index (χ0v) is 17.9. The largest absolute Gasteiger partial charge is 0.363 e. The first-order valence-electron chi connectivity index (χ1n) is 11.2. The summed E-state index contributed by atoms with van der Waals surface area (Å²) in [7, 11) is 0. The number of piperidine rings is 2. The number of benzene rings is 1. The highest BCUT2D eigenvalue weighted by Gasteiger charge is 2.39. The van der Waals surface area contributed by atoms with Crippen molar-refractivity contribution in [3.63, 3.8) is 0 Å². The Morgan fingerprint density at radius 1 is 1.09 bits per heavy atom. The van der Waals surface area contributed by atoms with E-state index in [2.05, 4.69) is 32.7 Å². The number of nitrogens with one attached hydrogen (secondary N) is 2. The molecule has 5 rings (SSSR count). The minimum absolute atomic E-state index is 0.136. The summed E-state index contributed by atoms with van der Waals surface area (Å²) in [6.07, 6.45) is 6.47. The van der Waals surface area contributed by atoms with Crippen molar-refractivity contribution >= 4 is 23.4 Å².